The molecule has 1 heterocycles. The van der Waals surface area contributed by atoms with E-state index in [1.807, 2.05) is 42.5 Å². The van der Waals surface area contributed by atoms with E-state index in [1.54, 1.807) is 20.0 Å². The number of aromatic hydroxyl groups is 6. The van der Waals surface area contributed by atoms with Crippen LogP contribution in [-0.2, 0) is 0 Å². The summed E-state index contributed by atoms with van der Waals surface area (Å²) in [5.74, 6) is -3.83. The molecule has 5 aromatic rings. The number of rotatable bonds is 2. The van der Waals surface area contributed by atoms with Crippen molar-refractivity contribution in [2.75, 3.05) is 0 Å². The van der Waals surface area contributed by atoms with Gasteiger partial charge >= 0.3 is 0 Å². The summed E-state index contributed by atoms with van der Waals surface area (Å²) in [5, 5.41) is 63.5. The van der Waals surface area contributed by atoms with Crippen molar-refractivity contribution in [3.8, 4) is 51.3 Å². The van der Waals surface area contributed by atoms with Gasteiger partial charge in [0.05, 0.1) is 16.3 Å². The zero-order chi connectivity index (χ0) is 23.6. The maximum atomic E-state index is 10.9. The topological polar surface area (TPSA) is 126 Å². The van der Waals surface area contributed by atoms with Gasteiger partial charge in [0, 0.05) is 5.69 Å². The zero-order valence-corrected chi connectivity index (χ0v) is 18.8. The predicted molar refractivity (Wildman–Crippen MR) is 132 cm³/mol. The van der Waals surface area contributed by atoms with Crippen LogP contribution in [0.5, 0.6) is 34.5 Å². The van der Waals surface area contributed by atoms with Crippen LogP contribution in [0.25, 0.3) is 38.6 Å². The molecule has 5 rings (SSSR count). The molecule has 0 aliphatic carbocycles. The average Bonchev–Trinajstić information content (AvgIpc) is 3.20. The van der Waals surface area contributed by atoms with Gasteiger partial charge in [-0.15, -0.1) is 0 Å². The Morgan fingerprint density at radius 3 is 1.91 bits per heavy atom. The summed E-state index contributed by atoms with van der Waals surface area (Å²) in [5.41, 5.74) is 2.91. The van der Waals surface area contributed by atoms with E-state index >= 15 is 0 Å². The highest BCUT2D eigenvalue weighted by atomic mass is 79.9. The quantitative estimate of drug-likeness (QED) is 0.123. The smallest absolute Gasteiger partial charge is 0.206 e. The van der Waals surface area contributed by atoms with Crippen LogP contribution in [-0.4, -0.2) is 43.1 Å². The van der Waals surface area contributed by atoms with E-state index in [0.717, 1.165) is 11.1 Å². The molecule has 0 saturated carbocycles. The lowest BCUT2D eigenvalue weighted by Crippen LogP contribution is -2.10. The van der Waals surface area contributed by atoms with Crippen molar-refractivity contribution in [1.29, 1.82) is 0 Å². The Morgan fingerprint density at radius 2 is 1.21 bits per heavy atom. The summed E-state index contributed by atoms with van der Waals surface area (Å²) in [6, 6.07) is 16.9. The number of phenols is 6. The molecule has 0 aliphatic rings. The highest BCUT2D eigenvalue weighted by Crippen LogP contribution is 2.55. The van der Waals surface area contributed by atoms with Gasteiger partial charge < -0.3 is 35.2 Å². The first-order valence-corrected chi connectivity index (χ1v) is 10.7. The van der Waals surface area contributed by atoms with Crippen molar-refractivity contribution >= 4 is 51.0 Å². The fourth-order valence-corrected chi connectivity index (χ4v) is 4.78. The molecule has 164 valence electrons. The molecule has 33 heavy (non-hydrogen) atoms. The largest absolute Gasteiger partial charge is 0.507 e. The monoisotopic (exact) mass is 505 g/mol. The first-order chi connectivity index (χ1) is 15.7. The lowest BCUT2D eigenvalue weighted by molar-refractivity contribution is 0.350. The summed E-state index contributed by atoms with van der Waals surface area (Å²) < 4.78 is 1.52. The molecule has 0 amide bonds. The minimum absolute atomic E-state index is 0.00367. The number of aromatic nitrogens is 1. The number of fused-ring (bicyclic) bond motifs is 3. The van der Waals surface area contributed by atoms with E-state index in [0.29, 0.717) is 11.2 Å². The van der Waals surface area contributed by atoms with E-state index in [4.69, 9.17) is 0 Å². The van der Waals surface area contributed by atoms with Crippen molar-refractivity contribution in [1.82, 2.24) is 4.57 Å². The third-order valence-electron chi connectivity index (χ3n) is 5.88. The molecule has 0 spiro atoms. The van der Waals surface area contributed by atoms with Crippen LogP contribution in [0.4, 0.5) is 0 Å². The molecule has 0 radical (unpaired) electrons. The summed E-state index contributed by atoms with van der Waals surface area (Å²) in [6.07, 6.45) is 0. The highest BCUT2D eigenvalue weighted by molar-refractivity contribution is 9.10. The van der Waals surface area contributed by atoms with Gasteiger partial charge in [0.2, 0.25) is 11.5 Å². The molecule has 1 aromatic heterocycles. The minimum Gasteiger partial charge on any atom is -0.507 e. The summed E-state index contributed by atoms with van der Waals surface area (Å²) in [7, 11) is 1.62. The number of halogens is 1. The molecule has 6 N–H and O–H groups in total. The predicted octanol–water partition coefficient (Wildman–Crippen LogP) is 3.71. The van der Waals surface area contributed by atoms with Crippen molar-refractivity contribution in [3.63, 3.8) is 0 Å². The van der Waals surface area contributed by atoms with Crippen LogP contribution in [0.3, 0.4) is 0 Å². The van der Waals surface area contributed by atoms with Crippen LogP contribution in [0.2, 0.25) is 0 Å². The molecule has 7 nitrogen and oxygen atoms in total. The van der Waals surface area contributed by atoms with Gasteiger partial charge in [0.25, 0.3) is 0 Å². The second-order valence-corrected chi connectivity index (χ2v) is 8.52. The van der Waals surface area contributed by atoms with Crippen LogP contribution < -0.4 is 5.46 Å². The molecule has 0 saturated heterocycles. The van der Waals surface area contributed by atoms with E-state index in [2.05, 4.69) is 15.9 Å². The Balaban J connectivity index is 2.02. The summed E-state index contributed by atoms with van der Waals surface area (Å²) in [6.45, 7) is 0. The molecular formula is C24H17BBrNO6. The molecule has 0 bridgehead atoms. The number of benzene rings is 4. The van der Waals surface area contributed by atoms with E-state index in [9.17, 15) is 30.6 Å². The summed E-state index contributed by atoms with van der Waals surface area (Å²) in [4.78, 5) is 0. The molecular weight excluding hydrogens is 489 g/mol. The third kappa shape index (κ3) is 2.82. The fourth-order valence-electron chi connectivity index (χ4n) is 4.28. The Hall–Kier alpha value is -3.98. The van der Waals surface area contributed by atoms with Crippen molar-refractivity contribution in [2.24, 2.45) is 0 Å². The van der Waals surface area contributed by atoms with E-state index in [-0.39, 0.29) is 32.0 Å². The van der Waals surface area contributed by atoms with Gasteiger partial charge in [-0.2, -0.15) is 0 Å². The molecule has 0 aliphatic heterocycles. The van der Waals surface area contributed by atoms with Crippen molar-refractivity contribution in [3.05, 3.63) is 59.1 Å². The highest BCUT2D eigenvalue weighted by Gasteiger charge is 2.30. The molecule has 4 aromatic carbocycles. The second-order valence-electron chi connectivity index (χ2n) is 7.73. The molecule has 9 heteroatoms. The minimum atomic E-state index is -0.918. The number of hydrogen-bond donors (Lipinski definition) is 6. The lowest BCUT2D eigenvalue weighted by Gasteiger charge is -2.14. The summed E-state index contributed by atoms with van der Waals surface area (Å²) >= 11 is 3.16. The SMILES string of the molecule is Bc1c(O)c(Br)c(O)c2c3c(O)c(O)c(O)c(O)c3n(-c3cccc(-c4ccccc4)c3)c12. The number of hydrogen-bond acceptors (Lipinski definition) is 6. The number of nitrogens with zero attached hydrogens (tertiary/aromatic N) is 1. The van der Waals surface area contributed by atoms with Gasteiger partial charge in [-0.1, -0.05) is 42.5 Å². The van der Waals surface area contributed by atoms with Crippen molar-refractivity contribution in [2.45, 2.75) is 0 Å². The Morgan fingerprint density at radius 1 is 0.606 bits per heavy atom. The average molecular weight is 506 g/mol. The first kappa shape index (κ1) is 20.9. The molecule has 0 atom stereocenters. The maximum absolute atomic E-state index is 10.9. The Labute approximate surface area is 196 Å². The van der Waals surface area contributed by atoms with Gasteiger partial charge in [-0.05, 0) is 44.7 Å². The van der Waals surface area contributed by atoms with Crippen LogP contribution in [0, 0.1) is 0 Å². The third-order valence-corrected chi connectivity index (χ3v) is 6.63. The Kier molecular flexibility index (Phi) is 4.61. The van der Waals surface area contributed by atoms with Crippen LogP contribution in [0.15, 0.2) is 59.1 Å². The van der Waals surface area contributed by atoms with E-state index in [1.165, 1.54) is 4.57 Å². The van der Waals surface area contributed by atoms with E-state index < -0.39 is 28.7 Å². The molecule has 0 fully saturated rings. The van der Waals surface area contributed by atoms with Crippen molar-refractivity contribution < 1.29 is 30.6 Å². The lowest BCUT2D eigenvalue weighted by atomic mass is 9.91. The second kappa shape index (κ2) is 7.28. The van der Waals surface area contributed by atoms with Gasteiger partial charge in [-0.25, -0.2) is 0 Å². The first-order valence-electron chi connectivity index (χ1n) is 9.93. The number of phenolic OH excluding ortho intramolecular Hbond substituents is 6. The fraction of sp³-hybridized carbons (Fsp3) is 0. The zero-order valence-electron chi connectivity index (χ0n) is 17.2. The Bertz CT molecular complexity index is 1520. The van der Waals surface area contributed by atoms with Crippen LogP contribution >= 0.6 is 15.9 Å². The van der Waals surface area contributed by atoms with Gasteiger partial charge in [-0.3, -0.25) is 0 Å². The van der Waals surface area contributed by atoms with Gasteiger partial charge in [0.15, 0.2) is 11.5 Å². The standard InChI is InChI=1S/C24H17BBrNO6/c25-15-17-13(19(28)16(26)21(15)30)14-18(22(31)24(33)23(32)20(14)29)27(17)12-8-4-7-11(9-12)10-5-2-1-3-6-10/h1-9,28-33H,25H2. The normalized spacial score (nSPS) is 11.4. The van der Waals surface area contributed by atoms with Gasteiger partial charge in [0.1, 0.15) is 29.3 Å². The maximum Gasteiger partial charge on any atom is 0.206 e. The molecule has 0 unspecified atom stereocenters. The van der Waals surface area contributed by atoms with Crippen LogP contribution in [0.1, 0.15) is 0 Å².